The van der Waals surface area contributed by atoms with Crippen LogP contribution in [-0.2, 0) is 0 Å². The number of fused-ring (bicyclic) bond motifs is 3. The molecule has 0 aromatic heterocycles. The Morgan fingerprint density at radius 2 is 2.12 bits per heavy atom. The predicted molar refractivity (Wildman–Crippen MR) is 73.2 cm³/mol. The Kier molecular flexibility index (Phi) is 2.51. The molecule has 3 nitrogen and oxygen atoms in total. The first-order chi connectivity index (χ1) is 8.16. The molecule has 1 fully saturated rings. The summed E-state index contributed by atoms with van der Waals surface area (Å²) in [6.45, 7) is 8.90. The van der Waals surface area contributed by atoms with Gasteiger partial charge < -0.3 is 15.1 Å². The molecule has 2 aliphatic heterocycles. The zero-order chi connectivity index (χ0) is 12.0. The third kappa shape index (κ3) is 1.69. The molecule has 2 aliphatic rings. The van der Waals surface area contributed by atoms with Gasteiger partial charge in [-0.15, -0.1) is 0 Å². The van der Waals surface area contributed by atoms with Gasteiger partial charge in [0.2, 0.25) is 0 Å². The van der Waals surface area contributed by atoms with E-state index in [-0.39, 0.29) is 0 Å². The molecule has 3 rings (SSSR count). The summed E-state index contributed by atoms with van der Waals surface area (Å²) in [5.74, 6) is 0. The molecule has 1 aromatic rings. The van der Waals surface area contributed by atoms with Gasteiger partial charge in [-0.1, -0.05) is 6.07 Å². The maximum atomic E-state index is 3.50. The van der Waals surface area contributed by atoms with Crippen LogP contribution in [0.15, 0.2) is 12.1 Å². The predicted octanol–water partition coefficient (Wildman–Crippen LogP) is 1.53. The number of anilines is 2. The number of benzene rings is 1. The van der Waals surface area contributed by atoms with Crippen LogP contribution >= 0.6 is 0 Å². The third-order valence-corrected chi connectivity index (χ3v) is 3.96. The van der Waals surface area contributed by atoms with Gasteiger partial charge in [0, 0.05) is 33.2 Å². The molecule has 1 atom stereocenters. The first-order valence-corrected chi connectivity index (χ1v) is 6.46. The summed E-state index contributed by atoms with van der Waals surface area (Å²) < 4.78 is 0. The van der Waals surface area contributed by atoms with Crippen LogP contribution < -0.4 is 15.1 Å². The number of hydrogen-bond acceptors (Lipinski definition) is 3. The van der Waals surface area contributed by atoms with Crippen LogP contribution in [0, 0.1) is 13.8 Å². The number of rotatable bonds is 0. The van der Waals surface area contributed by atoms with Crippen molar-refractivity contribution in [3.63, 3.8) is 0 Å². The van der Waals surface area contributed by atoms with Gasteiger partial charge in [-0.25, -0.2) is 0 Å². The smallest absolute Gasteiger partial charge is 0.0637 e. The van der Waals surface area contributed by atoms with Crippen molar-refractivity contribution in [2.45, 2.75) is 19.9 Å². The Morgan fingerprint density at radius 1 is 1.29 bits per heavy atom. The minimum atomic E-state index is 0.627. The largest absolute Gasteiger partial charge is 0.371 e. The lowest BCUT2D eigenvalue weighted by atomic mass is 10.00. The number of nitrogens with zero attached hydrogens (tertiary/aromatic N) is 2. The van der Waals surface area contributed by atoms with Gasteiger partial charge in [-0.05, 0) is 31.0 Å². The molecular weight excluding hydrogens is 210 g/mol. The average molecular weight is 231 g/mol. The highest BCUT2D eigenvalue weighted by Gasteiger charge is 2.31. The molecule has 1 N–H and O–H groups in total. The van der Waals surface area contributed by atoms with E-state index in [1.807, 2.05) is 0 Å². The van der Waals surface area contributed by atoms with E-state index in [1.165, 1.54) is 22.5 Å². The maximum absolute atomic E-state index is 3.50. The topological polar surface area (TPSA) is 18.5 Å². The van der Waals surface area contributed by atoms with E-state index in [1.54, 1.807) is 0 Å². The van der Waals surface area contributed by atoms with Crippen molar-refractivity contribution in [3.8, 4) is 0 Å². The molecule has 0 saturated carbocycles. The van der Waals surface area contributed by atoms with Crippen molar-refractivity contribution in [1.29, 1.82) is 0 Å². The fourth-order valence-electron chi connectivity index (χ4n) is 3.24. The lowest BCUT2D eigenvalue weighted by molar-refractivity contribution is 0.465. The molecule has 0 spiro atoms. The van der Waals surface area contributed by atoms with E-state index in [0.29, 0.717) is 6.04 Å². The minimum Gasteiger partial charge on any atom is -0.371 e. The Morgan fingerprint density at radius 3 is 2.94 bits per heavy atom. The van der Waals surface area contributed by atoms with Gasteiger partial charge in [0.15, 0.2) is 0 Å². The Labute approximate surface area is 103 Å². The second kappa shape index (κ2) is 3.91. The number of aryl methyl sites for hydroxylation is 2. The molecule has 3 heteroatoms. The Bertz CT molecular complexity index is 441. The van der Waals surface area contributed by atoms with Crippen LogP contribution in [0.3, 0.4) is 0 Å². The van der Waals surface area contributed by atoms with Crippen molar-refractivity contribution < 1.29 is 0 Å². The van der Waals surface area contributed by atoms with Gasteiger partial charge in [-0.3, -0.25) is 0 Å². The second-order valence-corrected chi connectivity index (χ2v) is 5.38. The SMILES string of the molecule is Cc1cc(C)c2c(c1)N(C)CC1CNCCN21. The van der Waals surface area contributed by atoms with Crippen LogP contribution in [0.2, 0.25) is 0 Å². The number of likely N-dealkylation sites (N-methyl/N-ethyl adjacent to an activating group) is 1. The Balaban J connectivity index is 2.11. The average Bonchev–Trinajstić information content (AvgIpc) is 2.29. The van der Waals surface area contributed by atoms with E-state index >= 15 is 0 Å². The molecule has 1 saturated heterocycles. The molecular formula is C14H21N3. The highest BCUT2D eigenvalue weighted by Crippen LogP contribution is 2.38. The minimum absolute atomic E-state index is 0.627. The molecule has 0 amide bonds. The highest BCUT2D eigenvalue weighted by molar-refractivity contribution is 5.78. The normalized spacial score (nSPS) is 23.4. The van der Waals surface area contributed by atoms with E-state index in [0.717, 1.165) is 26.2 Å². The van der Waals surface area contributed by atoms with Gasteiger partial charge in [0.05, 0.1) is 17.4 Å². The molecule has 0 aliphatic carbocycles. The first-order valence-electron chi connectivity index (χ1n) is 6.46. The van der Waals surface area contributed by atoms with Crippen LogP contribution in [0.5, 0.6) is 0 Å². The quantitative estimate of drug-likeness (QED) is 0.730. The monoisotopic (exact) mass is 231 g/mol. The lowest BCUT2D eigenvalue weighted by Gasteiger charge is -2.47. The fraction of sp³-hybridized carbons (Fsp3) is 0.571. The van der Waals surface area contributed by atoms with Crippen LogP contribution in [0.25, 0.3) is 0 Å². The van der Waals surface area contributed by atoms with Gasteiger partial charge >= 0.3 is 0 Å². The van der Waals surface area contributed by atoms with Crippen molar-refractivity contribution >= 4 is 11.4 Å². The Hall–Kier alpha value is -1.22. The van der Waals surface area contributed by atoms with E-state index in [2.05, 4.69) is 48.1 Å². The molecule has 2 heterocycles. The summed E-state index contributed by atoms with van der Waals surface area (Å²) in [5, 5.41) is 3.50. The van der Waals surface area contributed by atoms with E-state index in [9.17, 15) is 0 Å². The summed E-state index contributed by atoms with van der Waals surface area (Å²) in [6, 6.07) is 5.25. The zero-order valence-electron chi connectivity index (χ0n) is 11.0. The van der Waals surface area contributed by atoms with Crippen LogP contribution in [-0.4, -0.2) is 39.3 Å². The lowest BCUT2D eigenvalue weighted by Crippen LogP contribution is -2.58. The van der Waals surface area contributed by atoms with Crippen LogP contribution in [0.1, 0.15) is 11.1 Å². The van der Waals surface area contributed by atoms with E-state index < -0.39 is 0 Å². The molecule has 0 radical (unpaired) electrons. The van der Waals surface area contributed by atoms with Gasteiger partial charge in [0.1, 0.15) is 0 Å². The summed E-state index contributed by atoms with van der Waals surface area (Å²) in [6.07, 6.45) is 0. The van der Waals surface area contributed by atoms with Gasteiger partial charge in [-0.2, -0.15) is 0 Å². The summed E-state index contributed by atoms with van der Waals surface area (Å²) in [5.41, 5.74) is 5.64. The second-order valence-electron chi connectivity index (χ2n) is 5.38. The van der Waals surface area contributed by atoms with E-state index in [4.69, 9.17) is 0 Å². The summed E-state index contributed by atoms with van der Waals surface area (Å²) >= 11 is 0. The number of nitrogens with one attached hydrogen (secondary N) is 1. The fourth-order valence-corrected chi connectivity index (χ4v) is 3.24. The van der Waals surface area contributed by atoms with Crippen molar-refractivity contribution in [2.24, 2.45) is 0 Å². The molecule has 1 unspecified atom stereocenters. The zero-order valence-corrected chi connectivity index (χ0v) is 11.0. The molecule has 1 aromatic carbocycles. The highest BCUT2D eigenvalue weighted by atomic mass is 15.3. The standard InChI is InChI=1S/C14H21N3/c1-10-6-11(2)14-13(7-10)16(3)9-12-8-15-4-5-17(12)14/h6-7,12,15H,4-5,8-9H2,1-3H3. The van der Waals surface area contributed by atoms with Crippen molar-refractivity contribution in [3.05, 3.63) is 23.3 Å². The van der Waals surface area contributed by atoms with Crippen molar-refractivity contribution in [1.82, 2.24) is 5.32 Å². The summed E-state index contributed by atoms with van der Waals surface area (Å²) in [4.78, 5) is 5.00. The summed E-state index contributed by atoms with van der Waals surface area (Å²) in [7, 11) is 2.21. The number of hydrogen-bond donors (Lipinski definition) is 1. The van der Waals surface area contributed by atoms with Gasteiger partial charge in [0.25, 0.3) is 0 Å². The number of piperazine rings is 1. The molecule has 17 heavy (non-hydrogen) atoms. The van der Waals surface area contributed by atoms with Crippen molar-refractivity contribution in [2.75, 3.05) is 43.0 Å². The van der Waals surface area contributed by atoms with Crippen LogP contribution in [0.4, 0.5) is 11.4 Å². The first kappa shape index (κ1) is 10.9. The maximum Gasteiger partial charge on any atom is 0.0637 e. The third-order valence-electron chi connectivity index (χ3n) is 3.96. The molecule has 0 bridgehead atoms. The molecule has 92 valence electrons.